The lowest BCUT2D eigenvalue weighted by molar-refractivity contribution is -0.136. The molecule has 0 aliphatic carbocycles. The van der Waals surface area contributed by atoms with Crippen LogP contribution in [0.2, 0.25) is 5.02 Å². The third-order valence-electron chi connectivity index (χ3n) is 3.77. The Morgan fingerprint density at radius 3 is 2.75 bits per heavy atom. The molecule has 0 saturated heterocycles. The largest absolute Gasteiger partial charge is 0.481 e. The SMILES string of the molecule is Cc1nc2nc(NCc3ccccc3Cl)nn2c(C)c1CC(=O)O. The summed E-state index contributed by atoms with van der Waals surface area (Å²) in [5.74, 6) is -0.0577. The highest BCUT2D eigenvalue weighted by atomic mass is 35.5. The van der Waals surface area contributed by atoms with Crippen molar-refractivity contribution in [3.8, 4) is 0 Å². The predicted molar refractivity (Wildman–Crippen MR) is 90.4 cm³/mol. The minimum Gasteiger partial charge on any atom is -0.481 e. The van der Waals surface area contributed by atoms with Crippen LogP contribution < -0.4 is 5.32 Å². The number of aryl methyl sites for hydroxylation is 2. The highest BCUT2D eigenvalue weighted by Crippen LogP contribution is 2.18. The van der Waals surface area contributed by atoms with Crippen LogP contribution in [0.1, 0.15) is 22.5 Å². The number of carbonyl (C=O) groups is 1. The van der Waals surface area contributed by atoms with Gasteiger partial charge in [0, 0.05) is 28.5 Å². The van der Waals surface area contributed by atoms with Crippen LogP contribution in [-0.2, 0) is 17.8 Å². The van der Waals surface area contributed by atoms with E-state index in [0.717, 1.165) is 11.3 Å². The maximum atomic E-state index is 11.0. The Morgan fingerprint density at radius 1 is 1.29 bits per heavy atom. The van der Waals surface area contributed by atoms with Crippen molar-refractivity contribution in [2.45, 2.75) is 26.8 Å². The van der Waals surface area contributed by atoms with E-state index in [9.17, 15) is 4.79 Å². The van der Waals surface area contributed by atoms with E-state index in [1.807, 2.05) is 31.2 Å². The minimum absolute atomic E-state index is 0.0944. The highest BCUT2D eigenvalue weighted by Gasteiger charge is 2.15. The molecule has 0 spiro atoms. The molecule has 2 N–H and O–H groups in total. The molecular weight excluding hydrogens is 330 g/mol. The number of fused-ring (bicyclic) bond motifs is 1. The summed E-state index contributed by atoms with van der Waals surface area (Å²) in [4.78, 5) is 19.7. The van der Waals surface area contributed by atoms with Crippen molar-refractivity contribution in [2.24, 2.45) is 0 Å². The molecule has 0 unspecified atom stereocenters. The van der Waals surface area contributed by atoms with Gasteiger partial charge in [-0.15, -0.1) is 5.10 Å². The lowest BCUT2D eigenvalue weighted by Gasteiger charge is -2.07. The second kappa shape index (κ2) is 6.45. The summed E-state index contributed by atoms with van der Waals surface area (Å²) in [6.07, 6.45) is -0.0944. The first-order chi connectivity index (χ1) is 11.5. The van der Waals surface area contributed by atoms with Gasteiger partial charge in [0.1, 0.15) is 0 Å². The van der Waals surface area contributed by atoms with Crippen molar-refractivity contribution < 1.29 is 9.90 Å². The van der Waals surface area contributed by atoms with Crippen LogP contribution in [0.5, 0.6) is 0 Å². The monoisotopic (exact) mass is 345 g/mol. The minimum atomic E-state index is -0.903. The number of benzene rings is 1. The van der Waals surface area contributed by atoms with Crippen LogP contribution in [0.15, 0.2) is 24.3 Å². The lowest BCUT2D eigenvalue weighted by Crippen LogP contribution is -2.10. The average Bonchev–Trinajstić information content (AvgIpc) is 2.93. The predicted octanol–water partition coefficient (Wildman–Crippen LogP) is 2.63. The maximum absolute atomic E-state index is 11.0. The second-order valence-corrected chi connectivity index (χ2v) is 5.83. The Kier molecular flexibility index (Phi) is 4.35. The number of aromatic nitrogens is 4. The molecular formula is C16H16ClN5O2. The number of aliphatic carboxylic acids is 1. The fourth-order valence-corrected chi connectivity index (χ4v) is 2.71. The number of rotatable bonds is 5. The summed E-state index contributed by atoms with van der Waals surface area (Å²) in [5, 5.41) is 17.2. The molecule has 0 amide bonds. The van der Waals surface area contributed by atoms with Crippen molar-refractivity contribution in [3.05, 3.63) is 51.8 Å². The second-order valence-electron chi connectivity index (χ2n) is 5.42. The Labute approximate surface area is 143 Å². The third-order valence-corrected chi connectivity index (χ3v) is 4.14. The molecule has 0 aliphatic rings. The Balaban J connectivity index is 1.90. The summed E-state index contributed by atoms with van der Waals surface area (Å²) >= 11 is 6.13. The summed E-state index contributed by atoms with van der Waals surface area (Å²) in [6, 6.07) is 7.52. The van der Waals surface area contributed by atoms with E-state index in [1.165, 1.54) is 0 Å². The lowest BCUT2D eigenvalue weighted by atomic mass is 10.1. The molecule has 8 heteroatoms. The molecule has 0 fully saturated rings. The topological polar surface area (TPSA) is 92.4 Å². The van der Waals surface area contributed by atoms with Crippen molar-refractivity contribution >= 4 is 29.3 Å². The van der Waals surface area contributed by atoms with Gasteiger partial charge in [-0.3, -0.25) is 4.79 Å². The van der Waals surface area contributed by atoms with Crippen LogP contribution >= 0.6 is 11.6 Å². The van der Waals surface area contributed by atoms with E-state index in [4.69, 9.17) is 16.7 Å². The average molecular weight is 346 g/mol. The Morgan fingerprint density at radius 2 is 2.04 bits per heavy atom. The Bertz CT molecular complexity index is 922. The van der Waals surface area contributed by atoms with Gasteiger partial charge >= 0.3 is 5.97 Å². The number of nitrogens with zero attached hydrogens (tertiary/aromatic N) is 4. The first-order valence-electron chi connectivity index (χ1n) is 7.37. The van der Waals surface area contributed by atoms with Crippen LogP contribution in [0.25, 0.3) is 5.78 Å². The molecule has 3 rings (SSSR count). The van der Waals surface area contributed by atoms with Crippen molar-refractivity contribution in [2.75, 3.05) is 5.32 Å². The molecule has 0 saturated carbocycles. The summed E-state index contributed by atoms with van der Waals surface area (Å²) in [6.45, 7) is 4.07. The van der Waals surface area contributed by atoms with Gasteiger partial charge in [0.05, 0.1) is 6.42 Å². The van der Waals surface area contributed by atoms with Gasteiger partial charge in [0.15, 0.2) is 0 Å². The number of hydrogen-bond donors (Lipinski definition) is 2. The number of nitrogens with one attached hydrogen (secondary N) is 1. The molecule has 2 aromatic heterocycles. The van der Waals surface area contributed by atoms with Gasteiger partial charge in [0.25, 0.3) is 5.78 Å². The van der Waals surface area contributed by atoms with E-state index in [0.29, 0.717) is 34.6 Å². The molecule has 3 aromatic rings. The zero-order valence-electron chi connectivity index (χ0n) is 13.2. The van der Waals surface area contributed by atoms with Gasteiger partial charge in [0.2, 0.25) is 5.95 Å². The number of carboxylic acid groups (broad SMARTS) is 1. The molecule has 0 radical (unpaired) electrons. The fraction of sp³-hybridized carbons (Fsp3) is 0.250. The maximum Gasteiger partial charge on any atom is 0.307 e. The van der Waals surface area contributed by atoms with Crippen molar-refractivity contribution in [3.63, 3.8) is 0 Å². The van der Waals surface area contributed by atoms with Crippen LogP contribution in [0.4, 0.5) is 5.95 Å². The van der Waals surface area contributed by atoms with E-state index in [1.54, 1.807) is 11.4 Å². The van der Waals surface area contributed by atoms with Crippen LogP contribution in [-0.4, -0.2) is 30.7 Å². The fourth-order valence-electron chi connectivity index (χ4n) is 2.51. The first-order valence-corrected chi connectivity index (χ1v) is 7.75. The smallest absolute Gasteiger partial charge is 0.307 e. The molecule has 2 heterocycles. The zero-order chi connectivity index (χ0) is 17.3. The third kappa shape index (κ3) is 3.16. The number of carboxylic acids is 1. The first kappa shape index (κ1) is 16.2. The van der Waals surface area contributed by atoms with Crippen molar-refractivity contribution in [1.82, 2.24) is 19.6 Å². The Hall–Kier alpha value is -2.67. The van der Waals surface area contributed by atoms with Gasteiger partial charge in [-0.2, -0.15) is 9.50 Å². The quantitative estimate of drug-likeness (QED) is 0.738. The van der Waals surface area contributed by atoms with Crippen LogP contribution in [0, 0.1) is 13.8 Å². The van der Waals surface area contributed by atoms with E-state index in [-0.39, 0.29) is 6.42 Å². The van der Waals surface area contributed by atoms with E-state index in [2.05, 4.69) is 20.4 Å². The van der Waals surface area contributed by atoms with Crippen molar-refractivity contribution in [1.29, 1.82) is 0 Å². The number of anilines is 1. The molecule has 0 bridgehead atoms. The summed E-state index contributed by atoms with van der Waals surface area (Å²) in [7, 11) is 0. The summed E-state index contributed by atoms with van der Waals surface area (Å²) in [5.41, 5.74) is 2.95. The molecule has 7 nitrogen and oxygen atoms in total. The standard InChI is InChI=1S/C16H16ClN5O2/c1-9-12(7-14(23)24)10(2)22-16(19-9)20-15(21-22)18-8-11-5-3-4-6-13(11)17/h3-6H,7-8H2,1-2H3,(H,18,21)(H,23,24). The highest BCUT2D eigenvalue weighted by molar-refractivity contribution is 6.31. The van der Waals surface area contributed by atoms with Gasteiger partial charge in [-0.05, 0) is 25.5 Å². The van der Waals surface area contributed by atoms with E-state index >= 15 is 0 Å². The van der Waals surface area contributed by atoms with Gasteiger partial charge in [-0.25, -0.2) is 4.98 Å². The normalized spacial score (nSPS) is 11.0. The number of hydrogen-bond acceptors (Lipinski definition) is 5. The van der Waals surface area contributed by atoms with Gasteiger partial charge < -0.3 is 10.4 Å². The molecule has 24 heavy (non-hydrogen) atoms. The zero-order valence-corrected chi connectivity index (χ0v) is 14.0. The molecule has 1 aromatic carbocycles. The molecule has 0 atom stereocenters. The number of halogens is 1. The van der Waals surface area contributed by atoms with Crippen LogP contribution in [0.3, 0.4) is 0 Å². The molecule has 124 valence electrons. The molecule has 0 aliphatic heterocycles. The van der Waals surface area contributed by atoms with Gasteiger partial charge in [-0.1, -0.05) is 29.8 Å². The summed E-state index contributed by atoms with van der Waals surface area (Å²) < 4.78 is 1.56. The van der Waals surface area contributed by atoms with E-state index < -0.39 is 5.97 Å².